The molecule has 6 nitrogen and oxygen atoms in total. The molecule has 0 aliphatic carbocycles. The lowest BCUT2D eigenvalue weighted by Crippen LogP contribution is -2.39. The van der Waals surface area contributed by atoms with Gasteiger partial charge >= 0.3 is 0 Å². The van der Waals surface area contributed by atoms with E-state index in [0.29, 0.717) is 24.7 Å². The number of thiazole rings is 1. The first-order chi connectivity index (χ1) is 12.0. The summed E-state index contributed by atoms with van der Waals surface area (Å²) in [5.41, 5.74) is 1.02. The van der Waals surface area contributed by atoms with Crippen molar-refractivity contribution in [3.8, 4) is 0 Å². The molecule has 0 radical (unpaired) electrons. The second-order valence-electron chi connectivity index (χ2n) is 5.43. The zero-order valence-electron chi connectivity index (χ0n) is 14.1. The van der Waals surface area contributed by atoms with E-state index in [4.69, 9.17) is 4.74 Å². The maximum atomic E-state index is 13.4. The Labute approximate surface area is 149 Å². The van der Waals surface area contributed by atoms with Crippen molar-refractivity contribution in [1.29, 1.82) is 0 Å². The number of amides is 2. The van der Waals surface area contributed by atoms with Gasteiger partial charge in [0.15, 0.2) is 5.13 Å². The van der Waals surface area contributed by atoms with E-state index in [2.05, 4.69) is 10.3 Å². The summed E-state index contributed by atoms with van der Waals surface area (Å²) < 4.78 is 18.4. The first-order valence-corrected chi connectivity index (χ1v) is 8.63. The summed E-state index contributed by atoms with van der Waals surface area (Å²) in [5, 5.41) is 4.98. The van der Waals surface area contributed by atoms with Crippen LogP contribution in [0.2, 0.25) is 0 Å². The van der Waals surface area contributed by atoms with Gasteiger partial charge in [0, 0.05) is 31.2 Å². The highest BCUT2D eigenvalue weighted by Gasteiger charge is 2.19. The Kier molecular flexibility index (Phi) is 7.03. The van der Waals surface area contributed by atoms with E-state index in [0.717, 1.165) is 11.8 Å². The molecule has 0 saturated carbocycles. The summed E-state index contributed by atoms with van der Waals surface area (Å²) in [6, 6.07) is 5.42. The number of nitrogens with one attached hydrogen (secondary N) is 1. The average molecular weight is 365 g/mol. The summed E-state index contributed by atoms with van der Waals surface area (Å²) >= 11 is 1.32. The molecule has 2 rings (SSSR count). The smallest absolute Gasteiger partial charge is 0.254 e. The third-order valence-corrected chi connectivity index (χ3v) is 4.21. The molecule has 134 valence electrons. The normalized spacial score (nSPS) is 10.5. The van der Waals surface area contributed by atoms with E-state index >= 15 is 0 Å². The third kappa shape index (κ3) is 5.91. The van der Waals surface area contributed by atoms with Crippen molar-refractivity contribution >= 4 is 28.3 Å². The summed E-state index contributed by atoms with van der Waals surface area (Å²) in [7, 11) is 1.57. The van der Waals surface area contributed by atoms with Gasteiger partial charge in [-0.25, -0.2) is 9.37 Å². The number of ether oxygens (including phenoxy) is 1. The van der Waals surface area contributed by atoms with Crippen LogP contribution in [0.5, 0.6) is 0 Å². The highest BCUT2D eigenvalue weighted by atomic mass is 32.1. The van der Waals surface area contributed by atoms with Gasteiger partial charge in [0.1, 0.15) is 12.4 Å². The van der Waals surface area contributed by atoms with Crippen LogP contribution in [0, 0.1) is 12.7 Å². The highest BCUT2D eigenvalue weighted by Crippen LogP contribution is 2.14. The number of anilines is 1. The number of benzene rings is 1. The molecular weight excluding hydrogens is 345 g/mol. The zero-order chi connectivity index (χ0) is 18.2. The molecule has 0 fully saturated rings. The summed E-state index contributed by atoms with van der Waals surface area (Å²) in [6.45, 7) is 2.47. The number of nitrogens with zero attached hydrogens (tertiary/aromatic N) is 2. The first kappa shape index (κ1) is 19.0. The molecule has 8 heteroatoms. The highest BCUT2D eigenvalue weighted by molar-refractivity contribution is 7.13. The molecule has 2 amide bonds. The van der Waals surface area contributed by atoms with Gasteiger partial charge in [-0.3, -0.25) is 9.59 Å². The predicted molar refractivity (Wildman–Crippen MR) is 94.3 cm³/mol. The van der Waals surface area contributed by atoms with Crippen molar-refractivity contribution in [3.05, 3.63) is 46.7 Å². The Morgan fingerprint density at radius 2 is 2.20 bits per heavy atom. The zero-order valence-corrected chi connectivity index (χ0v) is 14.9. The van der Waals surface area contributed by atoms with Gasteiger partial charge in [0.2, 0.25) is 5.91 Å². The van der Waals surface area contributed by atoms with Gasteiger partial charge in [-0.2, -0.15) is 0 Å². The van der Waals surface area contributed by atoms with Crippen LogP contribution < -0.4 is 5.32 Å². The largest absolute Gasteiger partial charge is 0.385 e. The lowest BCUT2D eigenvalue weighted by molar-refractivity contribution is -0.116. The molecule has 1 aromatic carbocycles. The summed E-state index contributed by atoms with van der Waals surface area (Å²) in [4.78, 5) is 30.4. The van der Waals surface area contributed by atoms with Crippen LogP contribution in [0.1, 0.15) is 22.5 Å². The van der Waals surface area contributed by atoms with Crippen LogP contribution in [0.3, 0.4) is 0 Å². The van der Waals surface area contributed by atoms with E-state index in [-0.39, 0.29) is 18.0 Å². The number of aromatic nitrogens is 1. The number of carbonyl (C=O) groups excluding carboxylic acids is 2. The second-order valence-corrected chi connectivity index (χ2v) is 6.28. The van der Waals surface area contributed by atoms with Gasteiger partial charge in [-0.1, -0.05) is 6.07 Å². The number of aryl methyl sites for hydroxylation is 1. The maximum Gasteiger partial charge on any atom is 0.254 e. The van der Waals surface area contributed by atoms with Crippen molar-refractivity contribution < 1.29 is 18.7 Å². The number of hydrogen-bond acceptors (Lipinski definition) is 5. The molecule has 0 aliphatic rings. The molecule has 25 heavy (non-hydrogen) atoms. The van der Waals surface area contributed by atoms with Crippen molar-refractivity contribution in [1.82, 2.24) is 9.88 Å². The number of hydrogen-bond donors (Lipinski definition) is 1. The summed E-state index contributed by atoms with van der Waals surface area (Å²) in [6.07, 6.45) is 0.571. The molecule has 1 N–H and O–H groups in total. The van der Waals surface area contributed by atoms with Gasteiger partial charge < -0.3 is 15.0 Å². The minimum atomic E-state index is -0.495. The summed E-state index contributed by atoms with van der Waals surface area (Å²) in [5.74, 6) is -1.25. The molecule has 1 heterocycles. The second kappa shape index (κ2) is 9.24. The van der Waals surface area contributed by atoms with E-state index in [1.807, 2.05) is 12.3 Å². The quantitative estimate of drug-likeness (QED) is 0.730. The molecular formula is C17H20FN3O3S. The Hall–Kier alpha value is -2.32. The van der Waals surface area contributed by atoms with Crippen LogP contribution in [-0.4, -0.2) is 48.5 Å². The standard InChI is InChI=1S/C17H20FN3O3S/c1-12-11-25-17(19-12)20-15(22)10-21(7-4-8-24-2)16(23)13-5-3-6-14(18)9-13/h3,5-6,9,11H,4,7-8,10H2,1-2H3,(H,19,20,22). The predicted octanol–water partition coefficient (Wildman–Crippen LogP) is 2.71. The SMILES string of the molecule is COCCCN(CC(=O)Nc1nc(C)cs1)C(=O)c1cccc(F)c1. The van der Waals surface area contributed by atoms with Crippen LogP contribution in [-0.2, 0) is 9.53 Å². The molecule has 0 saturated heterocycles. The van der Waals surface area contributed by atoms with E-state index in [9.17, 15) is 14.0 Å². The van der Waals surface area contributed by atoms with Crippen LogP contribution >= 0.6 is 11.3 Å². The van der Waals surface area contributed by atoms with Crippen molar-refractivity contribution in [2.24, 2.45) is 0 Å². The lowest BCUT2D eigenvalue weighted by Gasteiger charge is -2.22. The van der Waals surface area contributed by atoms with Crippen LogP contribution in [0.4, 0.5) is 9.52 Å². The first-order valence-electron chi connectivity index (χ1n) is 7.75. The Balaban J connectivity index is 2.06. The topological polar surface area (TPSA) is 71.5 Å². The molecule has 2 aromatic rings. The molecule has 1 aromatic heterocycles. The van der Waals surface area contributed by atoms with Crippen LogP contribution in [0.25, 0.3) is 0 Å². The molecule has 0 unspecified atom stereocenters. The minimum Gasteiger partial charge on any atom is -0.385 e. The Morgan fingerprint density at radius 3 is 2.84 bits per heavy atom. The minimum absolute atomic E-state index is 0.141. The van der Waals surface area contributed by atoms with Crippen molar-refractivity contribution in [3.63, 3.8) is 0 Å². The maximum absolute atomic E-state index is 13.4. The number of halogens is 1. The molecule has 0 aliphatic heterocycles. The third-order valence-electron chi connectivity index (χ3n) is 3.34. The van der Waals surface area contributed by atoms with Gasteiger partial charge in [0.25, 0.3) is 5.91 Å². The number of carbonyl (C=O) groups is 2. The van der Waals surface area contributed by atoms with Gasteiger partial charge in [-0.15, -0.1) is 11.3 Å². The van der Waals surface area contributed by atoms with Gasteiger partial charge in [0.05, 0.1) is 5.69 Å². The monoisotopic (exact) mass is 365 g/mol. The molecule has 0 bridgehead atoms. The fraction of sp³-hybridized carbons (Fsp3) is 0.353. The average Bonchev–Trinajstić information content (AvgIpc) is 2.98. The van der Waals surface area contributed by atoms with E-state index in [1.165, 1.54) is 34.4 Å². The number of methoxy groups -OCH3 is 1. The lowest BCUT2D eigenvalue weighted by atomic mass is 10.2. The van der Waals surface area contributed by atoms with Crippen molar-refractivity contribution in [2.75, 3.05) is 32.1 Å². The fourth-order valence-electron chi connectivity index (χ4n) is 2.20. The molecule has 0 spiro atoms. The Morgan fingerprint density at radius 1 is 1.40 bits per heavy atom. The Bertz CT molecular complexity index is 735. The number of rotatable bonds is 8. The van der Waals surface area contributed by atoms with Crippen molar-refractivity contribution in [2.45, 2.75) is 13.3 Å². The van der Waals surface area contributed by atoms with Gasteiger partial charge in [-0.05, 0) is 31.5 Å². The van der Waals surface area contributed by atoms with E-state index < -0.39 is 11.7 Å². The van der Waals surface area contributed by atoms with Crippen LogP contribution in [0.15, 0.2) is 29.6 Å². The molecule has 0 atom stereocenters. The van der Waals surface area contributed by atoms with E-state index in [1.54, 1.807) is 7.11 Å². The fourth-order valence-corrected chi connectivity index (χ4v) is 2.90.